The van der Waals surface area contributed by atoms with Crippen LogP contribution in [-0.4, -0.2) is 33.4 Å². The van der Waals surface area contributed by atoms with Crippen molar-refractivity contribution in [3.8, 4) is 5.75 Å². The molecule has 136 valence electrons. The lowest BCUT2D eigenvalue weighted by atomic mass is 10.2. The monoisotopic (exact) mass is 424 g/mol. The van der Waals surface area contributed by atoms with Crippen molar-refractivity contribution < 1.29 is 9.53 Å². The highest BCUT2D eigenvalue weighted by Gasteiger charge is 2.14. The zero-order chi connectivity index (χ0) is 18.5. The van der Waals surface area contributed by atoms with Crippen molar-refractivity contribution >= 4 is 57.2 Å². The van der Waals surface area contributed by atoms with E-state index in [0.29, 0.717) is 16.4 Å². The maximum atomic E-state index is 12.6. The van der Waals surface area contributed by atoms with E-state index in [2.05, 4.69) is 20.5 Å². The normalized spacial score (nSPS) is 10.9. The van der Waals surface area contributed by atoms with Crippen LogP contribution < -0.4 is 10.1 Å². The highest BCUT2D eigenvalue weighted by atomic mass is 32.2. The van der Waals surface area contributed by atoms with E-state index in [1.807, 2.05) is 37.6 Å². The third kappa shape index (κ3) is 5.19. The van der Waals surface area contributed by atoms with Crippen LogP contribution in [0.3, 0.4) is 0 Å². The maximum absolute atomic E-state index is 12.6. The minimum absolute atomic E-state index is 0.00903. The largest absolute Gasteiger partial charge is 0.491 e. The average molecular weight is 425 g/mol. The fraction of sp³-hybridized carbons (Fsp3) is 0.250. The number of nitrogens with one attached hydrogen (secondary N) is 1. The number of hydrogen-bond acceptors (Lipinski definition) is 9. The molecule has 0 saturated heterocycles. The molecule has 2 aromatic heterocycles. The van der Waals surface area contributed by atoms with Crippen molar-refractivity contribution in [3.05, 3.63) is 35.3 Å². The second-order valence-corrected chi connectivity index (χ2v) is 9.54. The summed E-state index contributed by atoms with van der Waals surface area (Å²) in [5.41, 5.74) is 0.510. The van der Waals surface area contributed by atoms with E-state index in [1.54, 1.807) is 24.0 Å². The van der Waals surface area contributed by atoms with Gasteiger partial charge in [-0.25, -0.2) is 4.98 Å². The highest BCUT2D eigenvalue weighted by Crippen LogP contribution is 2.35. The number of amides is 1. The van der Waals surface area contributed by atoms with Gasteiger partial charge in [0.25, 0.3) is 5.91 Å². The number of ether oxygens (including phenoxy) is 1. The molecule has 0 radical (unpaired) electrons. The van der Waals surface area contributed by atoms with Gasteiger partial charge in [0.05, 0.1) is 6.10 Å². The van der Waals surface area contributed by atoms with Gasteiger partial charge in [0, 0.05) is 22.0 Å². The van der Waals surface area contributed by atoms with Gasteiger partial charge in [-0.2, -0.15) is 0 Å². The van der Waals surface area contributed by atoms with Gasteiger partial charge in [-0.15, -0.1) is 21.5 Å². The Bertz CT molecular complexity index is 880. The highest BCUT2D eigenvalue weighted by molar-refractivity contribution is 8.03. The summed E-state index contributed by atoms with van der Waals surface area (Å²) in [6, 6.07) is 5.46. The van der Waals surface area contributed by atoms with Gasteiger partial charge in [0.15, 0.2) is 13.8 Å². The van der Waals surface area contributed by atoms with Crippen molar-refractivity contribution in [3.63, 3.8) is 0 Å². The van der Waals surface area contributed by atoms with Crippen LogP contribution in [0.25, 0.3) is 0 Å². The number of thioether (sulfide) groups is 1. The maximum Gasteiger partial charge on any atom is 0.257 e. The number of aromatic nitrogens is 3. The Morgan fingerprint density at radius 2 is 2.04 bits per heavy atom. The van der Waals surface area contributed by atoms with E-state index in [1.165, 1.54) is 34.4 Å². The molecule has 3 aromatic rings. The second kappa shape index (κ2) is 8.85. The first-order valence-corrected chi connectivity index (χ1v) is 11.3. The standard InChI is InChI=1S/C16H16N4O2S4/c1-9(2)22-11-6-10(13(21)18-14-17-4-5-24-14)7-12(8-11)25-16-20-19-15(23-3)26-16/h4-9H,1-3H3,(H,17,18,21). The molecule has 0 atom stereocenters. The zero-order valence-electron chi connectivity index (χ0n) is 14.3. The van der Waals surface area contributed by atoms with Crippen molar-refractivity contribution in [1.29, 1.82) is 0 Å². The third-order valence-corrected chi connectivity index (χ3v) is 6.54. The molecule has 6 nitrogen and oxygen atoms in total. The van der Waals surface area contributed by atoms with Crippen LogP contribution >= 0.6 is 46.2 Å². The van der Waals surface area contributed by atoms with E-state index in [-0.39, 0.29) is 12.0 Å². The molecule has 0 aliphatic rings. The average Bonchev–Trinajstić information content (AvgIpc) is 3.25. The first kappa shape index (κ1) is 19.2. The SMILES string of the molecule is CSc1nnc(Sc2cc(OC(C)C)cc(C(=O)Nc3nccs3)c2)s1. The molecule has 10 heteroatoms. The van der Waals surface area contributed by atoms with Crippen molar-refractivity contribution in [2.24, 2.45) is 0 Å². The minimum Gasteiger partial charge on any atom is -0.491 e. The predicted molar refractivity (Wildman–Crippen MR) is 108 cm³/mol. The molecule has 1 aromatic carbocycles. The summed E-state index contributed by atoms with van der Waals surface area (Å²) in [5.74, 6) is 0.418. The van der Waals surface area contributed by atoms with E-state index in [9.17, 15) is 4.79 Å². The molecule has 1 amide bonds. The predicted octanol–water partition coefficient (Wildman–Crippen LogP) is 4.91. The molecule has 0 aliphatic heterocycles. The topological polar surface area (TPSA) is 77.0 Å². The Hall–Kier alpha value is -1.62. The van der Waals surface area contributed by atoms with Gasteiger partial charge in [0.1, 0.15) is 5.75 Å². The van der Waals surface area contributed by atoms with Crippen LogP contribution in [0.2, 0.25) is 0 Å². The number of carbonyl (C=O) groups is 1. The number of rotatable bonds is 7. The Morgan fingerprint density at radius 3 is 2.69 bits per heavy atom. The Labute approximate surface area is 167 Å². The van der Waals surface area contributed by atoms with Crippen LogP contribution in [0.5, 0.6) is 5.75 Å². The lowest BCUT2D eigenvalue weighted by Gasteiger charge is -2.12. The third-order valence-electron chi connectivity index (χ3n) is 2.93. The Kier molecular flexibility index (Phi) is 6.52. The first-order chi connectivity index (χ1) is 12.5. The Balaban J connectivity index is 1.86. The van der Waals surface area contributed by atoms with Crippen molar-refractivity contribution in [2.45, 2.75) is 33.5 Å². The molecular weight excluding hydrogens is 408 g/mol. The van der Waals surface area contributed by atoms with E-state index < -0.39 is 0 Å². The summed E-state index contributed by atoms with van der Waals surface area (Å²) in [5, 5.41) is 13.4. The molecule has 1 N–H and O–H groups in total. The number of carbonyl (C=O) groups excluding carboxylic acids is 1. The summed E-state index contributed by atoms with van der Waals surface area (Å²) < 4.78 is 7.53. The lowest BCUT2D eigenvalue weighted by molar-refractivity contribution is 0.102. The summed E-state index contributed by atoms with van der Waals surface area (Å²) >= 11 is 5.92. The van der Waals surface area contributed by atoms with Gasteiger partial charge in [-0.05, 0) is 38.3 Å². The van der Waals surface area contributed by atoms with Gasteiger partial charge in [0.2, 0.25) is 0 Å². The molecule has 0 saturated carbocycles. The first-order valence-electron chi connectivity index (χ1n) is 7.61. The molecular formula is C16H16N4O2S4. The second-order valence-electron chi connectivity index (χ2n) is 5.29. The number of nitrogens with zero attached hydrogens (tertiary/aromatic N) is 3. The summed E-state index contributed by atoms with van der Waals surface area (Å²) in [6.07, 6.45) is 3.63. The van der Waals surface area contributed by atoms with Crippen LogP contribution in [0.4, 0.5) is 5.13 Å². The van der Waals surface area contributed by atoms with Crippen LogP contribution in [0.1, 0.15) is 24.2 Å². The van der Waals surface area contributed by atoms with E-state index in [4.69, 9.17) is 4.74 Å². The van der Waals surface area contributed by atoms with Gasteiger partial charge < -0.3 is 4.74 Å². The molecule has 0 spiro atoms. The van der Waals surface area contributed by atoms with E-state index >= 15 is 0 Å². The summed E-state index contributed by atoms with van der Waals surface area (Å²) in [4.78, 5) is 17.5. The number of thiazole rings is 1. The quantitative estimate of drug-likeness (QED) is 0.540. The molecule has 0 aliphatic carbocycles. The fourth-order valence-electron chi connectivity index (χ4n) is 1.98. The summed E-state index contributed by atoms with van der Waals surface area (Å²) in [6.45, 7) is 3.90. The van der Waals surface area contributed by atoms with Crippen LogP contribution in [0.15, 0.2) is 43.4 Å². The number of anilines is 1. The van der Waals surface area contributed by atoms with E-state index in [0.717, 1.165) is 13.6 Å². The molecule has 0 unspecified atom stereocenters. The smallest absolute Gasteiger partial charge is 0.257 e. The zero-order valence-corrected chi connectivity index (χ0v) is 17.5. The molecule has 3 rings (SSSR count). The number of benzene rings is 1. The van der Waals surface area contributed by atoms with Gasteiger partial charge in [-0.1, -0.05) is 34.9 Å². The lowest BCUT2D eigenvalue weighted by Crippen LogP contribution is -2.13. The van der Waals surface area contributed by atoms with Crippen LogP contribution in [0, 0.1) is 0 Å². The van der Waals surface area contributed by atoms with Crippen molar-refractivity contribution in [1.82, 2.24) is 15.2 Å². The minimum atomic E-state index is -0.224. The van der Waals surface area contributed by atoms with Crippen LogP contribution in [-0.2, 0) is 0 Å². The number of hydrogen-bond donors (Lipinski definition) is 1. The molecule has 0 fully saturated rings. The fourth-order valence-corrected chi connectivity index (χ4v) is 5.00. The molecule has 26 heavy (non-hydrogen) atoms. The van der Waals surface area contributed by atoms with Crippen molar-refractivity contribution in [2.75, 3.05) is 11.6 Å². The molecule has 0 bridgehead atoms. The molecule has 2 heterocycles. The Morgan fingerprint density at radius 1 is 1.23 bits per heavy atom. The van der Waals surface area contributed by atoms with Gasteiger partial charge >= 0.3 is 0 Å². The summed E-state index contributed by atoms with van der Waals surface area (Å²) in [7, 11) is 0. The van der Waals surface area contributed by atoms with Gasteiger partial charge in [-0.3, -0.25) is 10.1 Å².